The molecule has 0 bridgehead atoms. The van der Waals surface area contributed by atoms with Crippen LogP contribution in [0.2, 0.25) is 0 Å². The number of anilines is 6. The molecule has 0 aliphatic heterocycles. The van der Waals surface area contributed by atoms with E-state index in [4.69, 9.17) is 0 Å². The van der Waals surface area contributed by atoms with Crippen molar-refractivity contribution in [2.75, 3.05) is 9.80 Å². The molecule has 0 spiro atoms. The van der Waals surface area contributed by atoms with Crippen molar-refractivity contribution in [3.05, 3.63) is 177 Å². The molecule has 8 aromatic carbocycles. The maximum atomic E-state index is 2.58. The van der Waals surface area contributed by atoms with Gasteiger partial charge in [-0.2, -0.15) is 0 Å². The van der Waals surface area contributed by atoms with E-state index in [-0.39, 0.29) is 0 Å². The molecule has 12 rings (SSSR count). The van der Waals surface area contributed by atoms with Gasteiger partial charge >= 0.3 is 0 Å². The molecule has 4 aliphatic rings. The summed E-state index contributed by atoms with van der Waals surface area (Å²) in [5.74, 6) is 0. The molecular formula is C55H48N2. The van der Waals surface area contributed by atoms with Gasteiger partial charge < -0.3 is 9.80 Å². The SMILES string of the molecule is Cc1ccc2c(N(c3ccc4c(c3)CCC4)c3ccc4c(c3)CCC4)cc3c4ccccc4c(N(c4ccc5c(c4)CCC5)c4ccc5c(c4)CCC5)cc3c2c1. The topological polar surface area (TPSA) is 6.48 Å². The first-order valence-electron chi connectivity index (χ1n) is 21.6. The van der Waals surface area contributed by atoms with Gasteiger partial charge in [-0.15, -0.1) is 0 Å². The van der Waals surface area contributed by atoms with E-state index in [9.17, 15) is 0 Å². The molecule has 2 heteroatoms. The summed E-state index contributed by atoms with van der Waals surface area (Å²) in [5, 5.41) is 7.79. The lowest BCUT2D eigenvalue weighted by Crippen LogP contribution is -2.13. The van der Waals surface area contributed by atoms with Crippen molar-refractivity contribution in [3.63, 3.8) is 0 Å². The Labute approximate surface area is 336 Å². The molecule has 0 aromatic heterocycles. The van der Waals surface area contributed by atoms with Crippen LogP contribution < -0.4 is 9.80 Å². The zero-order chi connectivity index (χ0) is 37.6. The Morgan fingerprint density at radius 1 is 0.298 bits per heavy atom. The highest BCUT2D eigenvalue weighted by atomic mass is 15.2. The average Bonchev–Trinajstić information content (AvgIpc) is 4.08. The van der Waals surface area contributed by atoms with Crippen LogP contribution in [0.1, 0.15) is 75.8 Å². The van der Waals surface area contributed by atoms with Crippen LogP contribution in [0.15, 0.2) is 127 Å². The fourth-order valence-electron chi connectivity index (χ4n) is 11.1. The number of hydrogen-bond donors (Lipinski definition) is 0. The van der Waals surface area contributed by atoms with Crippen molar-refractivity contribution in [1.29, 1.82) is 0 Å². The molecule has 8 aromatic rings. The smallest absolute Gasteiger partial charge is 0.0546 e. The summed E-state index contributed by atoms with van der Waals surface area (Å²) < 4.78 is 0. The molecule has 0 unspecified atom stereocenters. The Morgan fingerprint density at radius 3 is 1.09 bits per heavy atom. The second kappa shape index (κ2) is 13.1. The van der Waals surface area contributed by atoms with Gasteiger partial charge in [-0.05, 0) is 211 Å². The van der Waals surface area contributed by atoms with Gasteiger partial charge in [0.15, 0.2) is 0 Å². The zero-order valence-electron chi connectivity index (χ0n) is 33.0. The monoisotopic (exact) mass is 736 g/mol. The number of rotatable bonds is 6. The van der Waals surface area contributed by atoms with Crippen molar-refractivity contribution in [3.8, 4) is 0 Å². The van der Waals surface area contributed by atoms with Crippen molar-refractivity contribution < 1.29 is 0 Å². The Kier molecular flexibility index (Phi) is 7.65. The Balaban J connectivity index is 1.14. The lowest BCUT2D eigenvalue weighted by atomic mass is 9.92. The third-order valence-electron chi connectivity index (χ3n) is 13.9. The summed E-state index contributed by atoms with van der Waals surface area (Å²) in [7, 11) is 0. The van der Waals surface area contributed by atoms with Gasteiger partial charge in [0, 0.05) is 33.5 Å². The molecule has 2 nitrogen and oxygen atoms in total. The third-order valence-corrected chi connectivity index (χ3v) is 13.9. The highest BCUT2D eigenvalue weighted by molar-refractivity contribution is 6.24. The number of nitrogens with zero attached hydrogens (tertiary/aromatic N) is 2. The lowest BCUT2D eigenvalue weighted by Gasteiger charge is -2.30. The number of benzene rings is 8. The summed E-state index contributed by atoms with van der Waals surface area (Å²) in [6, 6.07) is 50.5. The maximum Gasteiger partial charge on any atom is 0.0546 e. The Bertz CT molecular complexity index is 2840. The van der Waals surface area contributed by atoms with Crippen LogP contribution in [0, 0.1) is 6.92 Å². The first kappa shape index (κ1) is 33.3. The van der Waals surface area contributed by atoms with Gasteiger partial charge in [-0.3, -0.25) is 0 Å². The molecule has 0 N–H and O–H groups in total. The van der Waals surface area contributed by atoms with Crippen LogP contribution >= 0.6 is 0 Å². The Hall–Kier alpha value is -5.86. The zero-order valence-corrected chi connectivity index (χ0v) is 33.0. The van der Waals surface area contributed by atoms with Gasteiger partial charge in [-0.25, -0.2) is 0 Å². The first-order chi connectivity index (χ1) is 28.1. The minimum Gasteiger partial charge on any atom is -0.310 e. The molecule has 0 radical (unpaired) electrons. The highest BCUT2D eigenvalue weighted by Gasteiger charge is 2.26. The summed E-state index contributed by atoms with van der Waals surface area (Å²) in [6.45, 7) is 2.25. The second-order valence-corrected chi connectivity index (χ2v) is 17.4. The van der Waals surface area contributed by atoms with E-state index in [0.717, 1.165) is 25.7 Å². The van der Waals surface area contributed by atoms with E-state index >= 15 is 0 Å². The normalized spacial score (nSPS) is 15.3. The third kappa shape index (κ3) is 5.44. The van der Waals surface area contributed by atoms with Gasteiger partial charge in [0.2, 0.25) is 0 Å². The van der Waals surface area contributed by atoms with E-state index < -0.39 is 0 Å². The molecular weight excluding hydrogens is 689 g/mol. The van der Waals surface area contributed by atoms with Crippen molar-refractivity contribution in [2.45, 2.75) is 84.0 Å². The number of fused-ring (bicyclic) bond motifs is 9. The molecule has 0 amide bonds. The van der Waals surface area contributed by atoms with Crippen LogP contribution in [0.25, 0.3) is 32.3 Å². The molecule has 0 saturated carbocycles. The second-order valence-electron chi connectivity index (χ2n) is 17.4. The molecule has 0 saturated heterocycles. The van der Waals surface area contributed by atoms with Gasteiger partial charge in [0.05, 0.1) is 11.4 Å². The largest absolute Gasteiger partial charge is 0.310 e. The van der Waals surface area contributed by atoms with Crippen LogP contribution in [-0.2, 0) is 51.4 Å². The Morgan fingerprint density at radius 2 is 0.649 bits per heavy atom. The van der Waals surface area contributed by atoms with E-state index in [1.165, 1.54) is 168 Å². The van der Waals surface area contributed by atoms with E-state index in [1.54, 1.807) is 0 Å². The summed E-state index contributed by atoms with van der Waals surface area (Å²) in [6.07, 6.45) is 14.4. The number of hydrogen-bond acceptors (Lipinski definition) is 2. The summed E-state index contributed by atoms with van der Waals surface area (Å²) in [5.41, 5.74) is 20.9. The lowest BCUT2D eigenvalue weighted by molar-refractivity contribution is 0.911. The van der Waals surface area contributed by atoms with Crippen LogP contribution in [-0.4, -0.2) is 0 Å². The molecule has 4 aliphatic carbocycles. The maximum absolute atomic E-state index is 2.58. The average molecular weight is 737 g/mol. The fraction of sp³-hybridized carbons (Fsp3) is 0.236. The number of aryl methyl sites for hydroxylation is 9. The standard InChI is InChI=1S/C55H48N2/c1-35-18-27-50-51(28-35)53-34-54(56(44-23-19-36-8-4-12-40(36)29-44)45-24-20-37-9-5-13-41(37)30-45)49-17-3-2-16-48(49)52(53)33-55(50)57(46-25-21-38-10-6-14-42(38)31-46)47-26-22-39-11-7-15-43(39)32-47/h2-3,16-34H,4-15H2,1H3. The van der Waals surface area contributed by atoms with E-state index in [1.807, 2.05) is 0 Å². The molecule has 278 valence electrons. The molecule has 0 fully saturated rings. The van der Waals surface area contributed by atoms with Crippen LogP contribution in [0.3, 0.4) is 0 Å². The van der Waals surface area contributed by atoms with E-state index in [2.05, 4.69) is 144 Å². The fourth-order valence-corrected chi connectivity index (χ4v) is 11.1. The first-order valence-corrected chi connectivity index (χ1v) is 21.6. The molecule has 0 atom stereocenters. The van der Waals surface area contributed by atoms with Gasteiger partial charge in [0.1, 0.15) is 0 Å². The van der Waals surface area contributed by atoms with Gasteiger partial charge in [0.25, 0.3) is 0 Å². The predicted octanol–water partition coefficient (Wildman–Crippen LogP) is 14.3. The molecule has 0 heterocycles. The summed E-state index contributed by atoms with van der Waals surface area (Å²) in [4.78, 5) is 5.16. The van der Waals surface area contributed by atoms with Crippen LogP contribution in [0.4, 0.5) is 34.1 Å². The van der Waals surface area contributed by atoms with Crippen LogP contribution in [0.5, 0.6) is 0 Å². The van der Waals surface area contributed by atoms with Crippen molar-refractivity contribution in [2.24, 2.45) is 0 Å². The summed E-state index contributed by atoms with van der Waals surface area (Å²) >= 11 is 0. The predicted molar refractivity (Wildman–Crippen MR) is 241 cm³/mol. The quantitative estimate of drug-likeness (QED) is 0.157. The van der Waals surface area contributed by atoms with Gasteiger partial charge in [-0.1, -0.05) is 72.3 Å². The van der Waals surface area contributed by atoms with Crippen molar-refractivity contribution >= 4 is 66.4 Å². The minimum atomic E-state index is 1.16. The van der Waals surface area contributed by atoms with Crippen molar-refractivity contribution in [1.82, 2.24) is 0 Å². The minimum absolute atomic E-state index is 1.16. The highest BCUT2D eigenvalue weighted by Crippen LogP contribution is 2.49. The molecule has 57 heavy (non-hydrogen) atoms. The van der Waals surface area contributed by atoms with E-state index in [0.29, 0.717) is 0 Å².